The van der Waals surface area contributed by atoms with Gasteiger partial charge in [0.1, 0.15) is 5.82 Å². The molecule has 0 amide bonds. The molecule has 6 nitrogen and oxygen atoms in total. The molecule has 136 valence electrons. The Labute approximate surface area is 155 Å². The number of rotatable bonds is 4. The molecule has 0 atom stereocenters. The van der Waals surface area contributed by atoms with Gasteiger partial charge in [-0.2, -0.15) is 4.98 Å². The summed E-state index contributed by atoms with van der Waals surface area (Å²) in [6.45, 7) is 6.15. The van der Waals surface area contributed by atoms with Gasteiger partial charge in [0.15, 0.2) is 5.13 Å². The Morgan fingerprint density at radius 2 is 2.15 bits per heavy atom. The van der Waals surface area contributed by atoms with Gasteiger partial charge < -0.3 is 9.42 Å². The fourth-order valence-electron chi connectivity index (χ4n) is 3.05. The van der Waals surface area contributed by atoms with Crippen molar-refractivity contribution >= 4 is 16.5 Å². The maximum atomic E-state index is 13.7. The fraction of sp³-hybridized carbons (Fsp3) is 0.389. The van der Waals surface area contributed by atoms with Crippen LogP contribution in [0.1, 0.15) is 17.9 Å². The van der Waals surface area contributed by atoms with E-state index < -0.39 is 0 Å². The smallest absolute Gasteiger partial charge is 0.241 e. The lowest BCUT2D eigenvalue weighted by Gasteiger charge is -2.20. The largest absolute Gasteiger partial charge is 0.347 e. The topological polar surface area (TPSA) is 58.3 Å². The van der Waals surface area contributed by atoms with E-state index in [1.807, 2.05) is 17.6 Å². The third kappa shape index (κ3) is 3.76. The van der Waals surface area contributed by atoms with Crippen molar-refractivity contribution < 1.29 is 8.91 Å². The second-order valence-corrected chi connectivity index (χ2v) is 7.28. The van der Waals surface area contributed by atoms with Crippen LogP contribution >= 0.6 is 11.3 Å². The number of aryl methyl sites for hydroxylation is 1. The molecule has 4 rings (SSSR count). The van der Waals surface area contributed by atoms with Crippen molar-refractivity contribution in [3.63, 3.8) is 0 Å². The molecule has 1 saturated heterocycles. The van der Waals surface area contributed by atoms with Crippen molar-refractivity contribution in [1.29, 1.82) is 0 Å². The van der Waals surface area contributed by atoms with Crippen LogP contribution in [0.3, 0.4) is 0 Å². The van der Waals surface area contributed by atoms with Crippen LogP contribution in [0, 0.1) is 12.7 Å². The highest BCUT2D eigenvalue weighted by Gasteiger charge is 2.19. The van der Waals surface area contributed by atoms with Crippen molar-refractivity contribution in [2.24, 2.45) is 0 Å². The monoisotopic (exact) mass is 373 g/mol. The summed E-state index contributed by atoms with van der Waals surface area (Å²) in [4.78, 5) is 13.5. The van der Waals surface area contributed by atoms with Gasteiger partial charge in [0.2, 0.25) is 11.7 Å². The molecule has 3 heterocycles. The summed E-state index contributed by atoms with van der Waals surface area (Å²) in [6, 6.07) is 4.98. The first kappa shape index (κ1) is 17.1. The van der Waals surface area contributed by atoms with Gasteiger partial charge in [-0.3, -0.25) is 4.90 Å². The van der Waals surface area contributed by atoms with Crippen molar-refractivity contribution in [3.8, 4) is 11.4 Å². The lowest BCUT2D eigenvalue weighted by molar-refractivity contribution is 0.239. The summed E-state index contributed by atoms with van der Waals surface area (Å²) in [5, 5.41) is 7.09. The molecule has 0 N–H and O–H groups in total. The SMILES string of the molecule is Cc1ccc(-c2noc(CN3CCCN(c4nccs4)CC3)n2)cc1F. The minimum absolute atomic E-state index is 0.261. The van der Waals surface area contributed by atoms with Gasteiger partial charge >= 0.3 is 0 Å². The van der Waals surface area contributed by atoms with Crippen molar-refractivity contribution in [2.45, 2.75) is 19.9 Å². The lowest BCUT2D eigenvalue weighted by atomic mass is 10.1. The van der Waals surface area contributed by atoms with E-state index in [1.54, 1.807) is 24.3 Å². The van der Waals surface area contributed by atoms with Gasteiger partial charge in [-0.25, -0.2) is 9.37 Å². The summed E-state index contributed by atoms with van der Waals surface area (Å²) in [7, 11) is 0. The number of benzene rings is 1. The number of nitrogens with zero attached hydrogens (tertiary/aromatic N) is 5. The minimum Gasteiger partial charge on any atom is -0.347 e. The maximum Gasteiger partial charge on any atom is 0.241 e. The molecule has 1 aromatic carbocycles. The van der Waals surface area contributed by atoms with Crippen LogP contribution in [0.25, 0.3) is 11.4 Å². The van der Waals surface area contributed by atoms with E-state index >= 15 is 0 Å². The summed E-state index contributed by atoms with van der Waals surface area (Å²) in [5.74, 6) is 0.727. The molecule has 8 heteroatoms. The molecule has 1 fully saturated rings. The summed E-state index contributed by atoms with van der Waals surface area (Å²) in [5.41, 5.74) is 1.24. The predicted octanol–water partition coefficient (Wildman–Crippen LogP) is 3.35. The van der Waals surface area contributed by atoms with Crippen molar-refractivity contribution in [3.05, 3.63) is 47.0 Å². The number of hydrogen-bond acceptors (Lipinski definition) is 7. The summed E-state index contributed by atoms with van der Waals surface area (Å²) < 4.78 is 19.1. The summed E-state index contributed by atoms with van der Waals surface area (Å²) in [6.07, 6.45) is 2.90. The average molecular weight is 373 g/mol. The number of aromatic nitrogens is 3. The van der Waals surface area contributed by atoms with Crippen LogP contribution in [0.15, 0.2) is 34.3 Å². The number of thiazole rings is 1. The van der Waals surface area contributed by atoms with Gasteiger partial charge in [0.05, 0.1) is 6.54 Å². The van der Waals surface area contributed by atoms with Gasteiger partial charge in [-0.1, -0.05) is 17.3 Å². The fourth-order valence-corrected chi connectivity index (χ4v) is 3.75. The molecule has 0 saturated carbocycles. The van der Waals surface area contributed by atoms with E-state index in [0.717, 1.165) is 37.7 Å². The first-order chi connectivity index (χ1) is 12.7. The van der Waals surface area contributed by atoms with Crippen LogP contribution in [-0.2, 0) is 6.54 Å². The first-order valence-electron chi connectivity index (χ1n) is 8.65. The lowest BCUT2D eigenvalue weighted by Crippen LogP contribution is -2.30. The van der Waals surface area contributed by atoms with Crippen LogP contribution in [0.4, 0.5) is 9.52 Å². The molecule has 1 aliphatic rings. The van der Waals surface area contributed by atoms with Gasteiger partial charge in [-0.15, -0.1) is 11.3 Å². The van der Waals surface area contributed by atoms with Crippen LogP contribution < -0.4 is 4.90 Å². The Hall–Kier alpha value is -2.32. The standard InChI is InChI=1S/C18H20FN5OS/c1-13-3-4-14(11-15(13)19)17-21-16(25-22-17)12-23-6-2-7-24(9-8-23)18-20-5-10-26-18/h3-5,10-11H,2,6-9,12H2,1H3. The number of hydrogen-bond donors (Lipinski definition) is 0. The third-order valence-electron chi connectivity index (χ3n) is 4.54. The van der Waals surface area contributed by atoms with E-state index in [0.29, 0.717) is 29.4 Å². The van der Waals surface area contributed by atoms with E-state index in [4.69, 9.17) is 4.52 Å². The average Bonchev–Trinajstić information content (AvgIpc) is 3.27. The predicted molar refractivity (Wildman–Crippen MR) is 98.7 cm³/mol. The van der Waals surface area contributed by atoms with Gasteiger partial charge in [-0.05, 0) is 25.0 Å². The number of anilines is 1. The van der Waals surface area contributed by atoms with Crippen molar-refractivity contribution in [1.82, 2.24) is 20.0 Å². The van der Waals surface area contributed by atoms with Gasteiger partial charge in [0.25, 0.3) is 0 Å². The molecule has 0 bridgehead atoms. The third-order valence-corrected chi connectivity index (χ3v) is 5.37. The molecule has 0 aliphatic carbocycles. The van der Waals surface area contributed by atoms with E-state index in [2.05, 4.69) is 24.9 Å². The van der Waals surface area contributed by atoms with E-state index in [1.165, 1.54) is 6.07 Å². The maximum absolute atomic E-state index is 13.7. The Morgan fingerprint density at radius 3 is 2.96 bits per heavy atom. The highest BCUT2D eigenvalue weighted by Crippen LogP contribution is 2.21. The molecule has 0 radical (unpaired) electrons. The number of halogens is 1. The summed E-state index contributed by atoms with van der Waals surface area (Å²) >= 11 is 1.67. The van der Waals surface area contributed by atoms with E-state index in [-0.39, 0.29) is 5.82 Å². The molecule has 1 aliphatic heterocycles. The molecule has 26 heavy (non-hydrogen) atoms. The zero-order valence-electron chi connectivity index (χ0n) is 14.6. The normalized spacial score (nSPS) is 16.0. The minimum atomic E-state index is -0.261. The van der Waals surface area contributed by atoms with Crippen molar-refractivity contribution in [2.75, 3.05) is 31.1 Å². The highest BCUT2D eigenvalue weighted by atomic mass is 32.1. The Bertz CT molecular complexity index is 866. The second-order valence-electron chi connectivity index (χ2n) is 6.41. The quantitative estimate of drug-likeness (QED) is 0.699. The molecule has 3 aromatic rings. The molecule has 0 spiro atoms. The molecular formula is C18H20FN5OS. The Morgan fingerprint density at radius 1 is 1.23 bits per heavy atom. The second kappa shape index (κ2) is 7.51. The Kier molecular flexibility index (Phi) is 4.94. The zero-order valence-corrected chi connectivity index (χ0v) is 15.4. The van der Waals surface area contributed by atoms with Crippen LogP contribution in [-0.4, -0.2) is 46.2 Å². The molecule has 0 unspecified atom stereocenters. The first-order valence-corrected chi connectivity index (χ1v) is 9.53. The molecule has 2 aromatic heterocycles. The zero-order chi connectivity index (χ0) is 17.9. The van der Waals surface area contributed by atoms with E-state index in [9.17, 15) is 4.39 Å². The Balaban J connectivity index is 1.40. The van der Waals surface area contributed by atoms with Gasteiger partial charge in [0, 0.05) is 43.3 Å². The van der Waals surface area contributed by atoms with Crippen LogP contribution in [0.5, 0.6) is 0 Å². The molecular weight excluding hydrogens is 353 g/mol. The van der Waals surface area contributed by atoms with Crippen LogP contribution in [0.2, 0.25) is 0 Å². The highest BCUT2D eigenvalue weighted by molar-refractivity contribution is 7.13.